The van der Waals surface area contributed by atoms with Gasteiger partial charge in [-0.1, -0.05) is 71.2 Å². The predicted octanol–water partition coefficient (Wildman–Crippen LogP) is 4.93. The Morgan fingerprint density at radius 1 is 0.815 bits per heavy atom. The van der Waals surface area contributed by atoms with Gasteiger partial charge >= 0.3 is 5.97 Å². The molecule has 1 aromatic heterocycles. The Hall–Kier alpha value is -4.62. The highest BCUT2D eigenvalue weighted by Crippen LogP contribution is 2.32. The first kappa shape index (κ1) is 43.8. The maximum absolute atomic E-state index is 14.3. The second-order valence-corrected chi connectivity index (χ2v) is 14.6. The first-order chi connectivity index (χ1) is 25.9. The quantitative estimate of drug-likeness (QED) is 0.0549. The molecule has 1 heterocycles. The van der Waals surface area contributed by atoms with Crippen LogP contribution in [0.25, 0.3) is 10.9 Å². The number of aliphatic carboxylic acids is 1. The molecule has 0 aliphatic heterocycles. The number of fused-ring (bicyclic) bond motifs is 1. The Labute approximate surface area is 319 Å². The number of carbonyl (C=O) groups excluding carboxylic acids is 3. The Bertz CT molecular complexity index is 1640. The molecule has 0 aliphatic rings. The maximum atomic E-state index is 14.3. The summed E-state index contributed by atoms with van der Waals surface area (Å²) in [6, 6.07) is 8.75. The highest BCUT2D eigenvalue weighted by Gasteiger charge is 2.33. The van der Waals surface area contributed by atoms with Gasteiger partial charge in [0.15, 0.2) is 0 Å². The van der Waals surface area contributed by atoms with Crippen molar-refractivity contribution in [1.29, 1.82) is 0 Å². The van der Waals surface area contributed by atoms with Crippen molar-refractivity contribution in [1.82, 2.24) is 20.9 Å². The predicted molar refractivity (Wildman–Crippen MR) is 211 cm³/mol. The maximum Gasteiger partial charge on any atom is 0.326 e. The lowest BCUT2D eigenvalue weighted by molar-refractivity contribution is -0.143. The molecule has 298 valence electrons. The summed E-state index contributed by atoms with van der Waals surface area (Å²) >= 11 is 0. The number of aromatic amines is 1. The van der Waals surface area contributed by atoms with Crippen molar-refractivity contribution in [3.63, 3.8) is 0 Å². The van der Waals surface area contributed by atoms with Crippen LogP contribution in [-0.4, -0.2) is 76.7 Å². The van der Waals surface area contributed by atoms with Gasteiger partial charge in [0.1, 0.15) is 35.3 Å². The molecule has 0 saturated carbocycles. The third-order valence-electron chi connectivity index (χ3n) is 9.73. The number of H-pyrrole nitrogens is 1. The van der Waals surface area contributed by atoms with Crippen molar-refractivity contribution >= 4 is 34.6 Å². The lowest BCUT2D eigenvalue weighted by atomic mass is 9.96. The first-order valence-electron chi connectivity index (χ1n) is 19.5. The molecule has 13 heteroatoms. The molecule has 3 aromatic rings. The number of amides is 3. The number of aryl methyl sites for hydroxylation is 1. The number of phenolic OH excluding ortho intramolecular Hbond substituents is 1. The Balaban J connectivity index is 1.97. The zero-order valence-corrected chi connectivity index (χ0v) is 32.4. The Kier molecular flexibility index (Phi) is 18.3. The fraction of sp³-hybridized carbons (Fsp3) is 0.561. The molecule has 0 saturated heterocycles. The fourth-order valence-corrected chi connectivity index (χ4v) is 6.44. The average molecular weight is 751 g/mol. The number of aromatic hydroxyl groups is 1. The van der Waals surface area contributed by atoms with E-state index < -0.39 is 41.8 Å². The third kappa shape index (κ3) is 13.3. The zero-order chi connectivity index (χ0) is 39.6. The SMILES string of the molecule is CC[C@H](C)[C@H](NC(=O)[C@H](Cc1ccc(O)cc1)NC(=O)c1[nH]c2c(OCCCCCN)cccc2c1CCCCCCN)C(=O)N[C@@H](CC(C)C)C(=O)O. The third-order valence-corrected chi connectivity index (χ3v) is 9.73. The van der Waals surface area contributed by atoms with Gasteiger partial charge in [-0.3, -0.25) is 14.4 Å². The summed E-state index contributed by atoms with van der Waals surface area (Å²) in [5, 5.41) is 28.9. The number of carbonyl (C=O) groups is 4. The van der Waals surface area contributed by atoms with E-state index in [0.29, 0.717) is 55.1 Å². The number of hydrogen-bond donors (Lipinski definition) is 8. The lowest BCUT2D eigenvalue weighted by Gasteiger charge is -2.28. The van der Waals surface area contributed by atoms with Gasteiger partial charge in [0.05, 0.1) is 12.1 Å². The summed E-state index contributed by atoms with van der Waals surface area (Å²) in [5.74, 6) is -2.52. The summed E-state index contributed by atoms with van der Waals surface area (Å²) in [6.07, 6.45) is 7.78. The number of benzene rings is 2. The van der Waals surface area contributed by atoms with Crippen molar-refractivity contribution < 1.29 is 34.1 Å². The lowest BCUT2D eigenvalue weighted by Crippen LogP contribution is -2.58. The number of carboxylic acids is 1. The summed E-state index contributed by atoms with van der Waals surface area (Å²) in [7, 11) is 0. The van der Waals surface area contributed by atoms with E-state index in [1.165, 1.54) is 12.1 Å². The van der Waals surface area contributed by atoms with E-state index in [4.69, 9.17) is 16.2 Å². The van der Waals surface area contributed by atoms with Crippen molar-refractivity contribution in [2.24, 2.45) is 23.3 Å². The van der Waals surface area contributed by atoms with Crippen molar-refractivity contribution in [3.8, 4) is 11.5 Å². The van der Waals surface area contributed by atoms with Crippen molar-refractivity contribution in [2.75, 3.05) is 19.7 Å². The largest absolute Gasteiger partial charge is 0.508 e. The molecule has 10 N–H and O–H groups in total. The molecule has 4 atom stereocenters. The normalized spacial score (nSPS) is 13.6. The summed E-state index contributed by atoms with van der Waals surface area (Å²) < 4.78 is 6.17. The van der Waals surface area contributed by atoms with E-state index in [0.717, 1.165) is 55.9 Å². The van der Waals surface area contributed by atoms with E-state index in [1.807, 2.05) is 39.0 Å². The molecular formula is C41H62N6O7. The molecule has 0 unspecified atom stereocenters. The van der Waals surface area contributed by atoms with E-state index in [2.05, 4.69) is 20.9 Å². The number of unbranched alkanes of at least 4 members (excludes halogenated alkanes) is 5. The molecule has 0 fully saturated rings. The molecule has 3 rings (SSSR count). The van der Waals surface area contributed by atoms with Gasteiger partial charge in [-0.25, -0.2) is 4.79 Å². The van der Waals surface area contributed by atoms with Crippen LogP contribution >= 0.6 is 0 Å². The highest BCUT2D eigenvalue weighted by molar-refractivity contribution is 6.04. The average Bonchev–Trinajstić information content (AvgIpc) is 3.52. The Morgan fingerprint density at radius 2 is 1.48 bits per heavy atom. The van der Waals surface area contributed by atoms with Gasteiger partial charge in [-0.2, -0.15) is 0 Å². The number of para-hydroxylation sites is 1. The smallest absolute Gasteiger partial charge is 0.326 e. The Morgan fingerprint density at radius 3 is 2.11 bits per heavy atom. The minimum Gasteiger partial charge on any atom is -0.508 e. The molecule has 0 spiro atoms. The van der Waals surface area contributed by atoms with Crippen LogP contribution in [0.15, 0.2) is 42.5 Å². The van der Waals surface area contributed by atoms with Crippen LogP contribution in [0.4, 0.5) is 0 Å². The van der Waals surface area contributed by atoms with Crippen molar-refractivity contribution in [2.45, 2.75) is 116 Å². The summed E-state index contributed by atoms with van der Waals surface area (Å²) in [4.78, 5) is 57.4. The fourth-order valence-electron chi connectivity index (χ4n) is 6.44. The van der Waals surface area contributed by atoms with Crippen LogP contribution < -0.4 is 32.2 Å². The molecule has 54 heavy (non-hydrogen) atoms. The number of hydrogen-bond acceptors (Lipinski definition) is 8. The van der Waals surface area contributed by atoms with Crippen LogP contribution in [0.1, 0.15) is 107 Å². The minimum atomic E-state index is -1.16. The van der Waals surface area contributed by atoms with Gasteiger partial charge in [0, 0.05) is 11.8 Å². The monoisotopic (exact) mass is 750 g/mol. The number of ether oxygens (including phenoxy) is 1. The number of nitrogens with two attached hydrogens (primary N) is 2. The number of aromatic nitrogens is 1. The van der Waals surface area contributed by atoms with Gasteiger partial charge in [-0.15, -0.1) is 0 Å². The van der Waals surface area contributed by atoms with Gasteiger partial charge in [0.2, 0.25) is 11.8 Å². The molecule has 0 bridgehead atoms. The number of nitrogens with one attached hydrogen (secondary N) is 4. The van der Waals surface area contributed by atoms with E-state index in [1.54, 1.807) is 19.1 Å². The van der Waals surface area contributed by atoms with Crippen molar-refractivity contribution in [3.05, 3.63) is 59.3 Å². The summed E-state index contributed by atoms with van der Waals surface area (Å²) in [5.41, 5.74) is 13.9. The molecule has 0 radical (unpaired) electrons. The van der Waals surface area contributed by atoms with Gasteiger partial charge in [-0.05, 0) is 99.2 Å². The molecular weight excluding hydrogens is 688 g/mol. The second kappa shape index (κ2) is 22.6. The number of carboxylic acid groups (broad SMARTS) is 1. The van der Waals surface area contributed by atoms with E-state index in [9.17, 15) is 29.4 Å². The van der Waals surface area contributed by atoms with Crippen LogP contribution in [0.5, 0.6) is 11.5 Å². The van der Waals surface area contributed by atoms with Crippen LogP contribution in [0, 0.1) is 11.8 Å². The standard InChI is InChI=1S/C41H62N6O7/c1-5-27(4)35(39(50)45-33(41(52)53)24-26(2)3)47-38(49)32(25-28-17-19-29(48)20-18-28)44-40(51)37-31(14-9-6-7-10-21-42)30-15-13-16-34(36(30)46-37)54-23-12-8-11-22-43/h13,15-20,26-27,32-33,35,46,48H,5-12,14,21-25,42-43H2,1-4H3,(H,44,51)(H,45,50)(H,47,49)(H,52,53)/t27-,32-,33-,35-/m0/s1. The molecule has 2 aromatic carbocycles. The number of phenols is 1. The zero-order valence-electron chi connectivity index (χ0n) is 32.4. The van der Waals surface area contributed by atoms with Gasteiger partial charge in [0.25, 0.3) is 5.91 Å². The molecule has 13 nitrogen and oxygen atoms in total. The minimum absolute atomic E-state index is 0.0115. The van der Waals surface area contributed by atoms with Gasteiger partial charge < -0.3 is 47.4 Å². The van der Waals surface area contributed by atoms with Crippen LogP contribution in [0.3, 0.4) is 0 Å². The molecule has 3 amide bonds. The van der Waals surface area contributed by atoms with Crippen LogP contribution in [-0.2, 0) is 27.2 Å². The second-order valence-electron chi connectivity index (χ2n) is 14.6. The molecule has 0 aliphatic carbocycles. The highest BCUT2D eigenvalue weighted by atomic mass is 16.5. The summed E-state index contributed by atoms with van der Waals surface area (Å²) in [6.45, 7) is 9.16. The van der Waals surface area contributed by atoms with Crippen LogP contribution in [0.2, 0.25) is 0 Å². The topological polar surface area (TPSA) is 222 Å². The van der Waals surface area contributed by atoms with E-state index >= 15 is 0 Å². The van der Waals surface area contributed by atoms with E-state index in [-0.39, 0.29) is 30.4 Å². The first-order valence-corrected chi connectivity index (χ1v) is 19.5. The number of rotatable bonds is 25.